The number of amides is 1. The van der Waals surface area contributed by atoms with E-state index in [4.69, 9.17) is 5.73 Å². The summed E-state index contributed by atoms with van der Waals surface area (Å²) < 4.78 is 0. The Balaban J connectivity index is 3.75. The third kappa shape index (κ3) is 8.18. The largest absolute Gasteiger partial charge is 0.356 e. The summed E-state index contributed by atoms with van der Waals surface area (Å²) in [6.07, 6.45) is 4.19. The molecule has 15 heavy (non-hydrogen) atoms. The van der Waals surface area contributed by atoms with Gasteiger partial charge in [0.2, 0.25) is 5.91 Å². The molecular weight excluding hydrogens is 188 g/mol. The van der Waals surface area contributed by atoms with Crippen LogP contribution in [0.4, 0.5) is 0 Å². The summed E-state index contributed by atoms with van der Waals surface area (Å²) in [7, 11) is 0. The fourth-order valence-electron chi connectivity index (χ4n) is 1.58. The SMILES string of the molecule is C=CCCNC(=O)C[C@@H](CN)CC(C)C. The summed E-state index contributed by atoms with van der Waals surface area (Å²) in [6.45, 7) is 9.18. The zero-order valence-electron chi connectivity index (χ0n) is 9.96. The molecule has 0 bridgehead atoms. The van der Waals surface area contributed by atoms with Crippen LogP contribution in [0.5, 0.6) is 0 Å². The molecule has 0 radical (unpaired) electrons. The molecule has 0 heterocycles. The first kappa shape index (κ1) is 14.2. The van der Waals surface area contributed by atoms with Crippen molar-refractivity contribution in [1.29, 1.82) is 0 Å². The lowest BCUT2D eigenvalue weighted by atomic mass is 9.94. The van der Waals surface area contributed by atoms with Crippen molar-refractivity contribution in [2.24, 2.45) is 17.6 Å². The number of rotatable bonds is 8. The Labute approximate surface area is 93.1 Å². The van der Waals surface area contributed by atoms with E-state index in [-0.39, 0.29) is 5.91 Å². The Bertz CT molecular complexity index is 190. The number of carbonyl (C=O) groups excluding carboxylic acids is 1. The van der Waals surface area contributed by atoms with E-state index in [1.54, 1.807) is 6.08 Å². The Morgan fingerprint density at radius 3 is 2.67 bits per heavy atom. The first-order valence-electron chi connectivity index (χ1n) is 5.67. The Kier molecular flexibility index (Phi) is 8.01. The van der Waals surface area contributed by atoms with Crippen LogP contribution in [0.15, 0.2) is 12.7 Å². The Morgan fingerprint density at radius 2 is 2.20 bits per heavy atom. The predicted molar refractivity (Wildman–Crippen MR) is 64.4 cm³/mol. The summed E-state index contributed by atoms with van der Waals surface area (Å²) in [5.41, 5.74) is 5.63. The van der Waals surface area contributed by atoms with Gasteiger partial charge in [-0.3, -0.25) is 4.79 Å². The summed E-state index contributed by atoms with van der Waals surface area (Å²) in [4.78, 5) is 11.5. The lowest BCUT2D eigenvalue weighted by molar-refractivity contribution is -0.122. The number of hydrogen-bond acceptors (Lipinski definition) is 2. The highest BCUT2D eigenvalue weighted by molar-refractivity contribution is 5.76. The molecule has 0 saturated heterocycles. The molecule has 88 valence electrons. The number of carbonyl (C=O) groups is 1. The predicted octanol–water partition coefficient (Wildman–Crippen LogP) is 1.69. The van der Waals surface area contributed by atoms with E-state index in [0.29, 0.717) is 31.3 Å². The molecule has 0 aromatic heterocycles. The van der Waals surface area contributed by atoms with Gasteiger partial charge in [-0.1, -0.05) is 19.9 Å². The van der Waals surface area contributed by atoms with Crippen LogP contribution in [-0.4, -0.2) is 19.0 Å². The molecule has 0 unspecified atom stereocenters. The van der Waals surface area contributed by atoms with Gasteiger partial charge >= 0.3 is 0 Å². The first-order chi connectivity index (χ1) is 7.10. The molecule has 0 fully saturated rings. The van der Waals surface area contributed by atoms with Crippen molar-refractivity contribution >= 4 is 5.91 Å². The fourth-order valence-corrected chi connectivity index (χ4v) is 1.58. The number of nitrogens with two attached hydrogens (primary N) is 1. The molecule has 3 N–H and O–H groups in total. The highest BCUT2D eigenvalue weighted by atomic mass is 16.1. The van der Waals surface area contributed by atoms with Gasteiger partial charge in [-0.05, 0) is 31.2 Å². The van der Waals surface area contributed by atoms with E-state index < -0.39 is 0 Å². The Hall–Kier alpha value is -0.830. The van der Waals surface area contributed by atoms with Gasteiger partial charge in [-0.15, -0.1) is 6.58 Å². The monoisotopic (exact) mass is 212 g/mol. The summed E-state index contributed by atoms with van der Waals surface area (Å²) in [6, 6.07) is 0. The third-order valence-electron chi connectivity index (χ3n) is 2.28. The van der Waals surface area contributed by atoms with Crippen LogP contribution in [0.25, 0.3) is 0 Å². The highest BCUT2D eigenvalue weighted by Gasteiger charge is 2.13. The minimum atomic E-state index is 0.105. The molecule has 0 aliphatic carbocycles. The molecule has 3 nitrogen and oxygen atoms in total. The highest BCUT2D eigenvalue weighted by Crippen LogP contribution is 2.13. The van der Waals surface area contributed by atoms with Gasteiger partial charge in [0.15, 0.2) is 0 Å². The maximum atomic E-state index is 11.5. The lowest BCUT2D eigenvalue weighted by Gasteiger charge is -2.16. The second-order valence-corrected chi connectivity index (χ2v) is 4.36. The molecule has 0 aromatic carbocycles. The molecule has 0 aromatic rings. The van der Waals surface area contributed by atoms with E-state index in [1.165, 1.54) is 0 Å². The van der Waals surface area contributed by atoms with Gasteiger partial charge in [-0.25, -0.2) is 0 Å². The fraction of sp³-hybridized carbons (Fsp3) is 0.750. The van der Waals surface area contributed by atoms with Crippen LogP contribution in [0, 0.1) is 11.8 Å². The normalized spacial score (nSPS) is 12.5. The van der Waals surface area contributed by atoms with Crippen molar-refractivity contribution in [2.45, 2.75) is 33.1 Å². The van der Waals surface area contributed by atoms with Gasteiger partial charge in [0.1, 0.15) is 0 Å². The summed E-state index contributed by atoms with van der Waals surface area (Å²) in [5.74, 6) is 1.02. The minimum absolute atomic E-state index is 0.105. The van der Waals surface area contributed by atoms with E-state index in [0.717, 1.165) is 12.8 Å². The van der Waals surface area contributed by atoms with Crippen molar-refractivity contribution in [3.05, 3.63) is 12.7 Å². The lowest BCUT2D eigenvalue weighted by Crippen LogP contribution is -2.29. The van der Waals surface area contributed by atoms with Crippen molar-refractivity contribution in [3.63, 3.8) is 0 Å². The molecule has 0 aliphatic rings. The first-order valence-corrected chi connectivity index (χ1v) is 5.67. The third-order valence-corrected chi connectivity index (χ3v) is 2.28. The minimum Gasteiger partial charge on any atom is -0.356 e. The molecule has 0 rings (SSSR count). The zero-order chi connectivity index (χ0) is 11.7. The molecule has 1 amide bonds. The molecule has 3 heteroatoms. The smallest absolute Gasteiger partial charge is 0.220 e. The van der Waals surface area contributed by atoms with Gasteiger partial charge in [0.05, 0.1) is 0 Å². The van der Waals surface area contributed by atoms with Crippen molar-refractivity contribution in [2.75, 3.05) is 13.1 Å². The molecule has 0 saturated carbocycles. The number of hydrogen-bond donors (Lipinski definition) is 2. The van der Waals surface area contributed by atoms with Gasteiger partial charge in [0.25, 0.3) is 0 Å². The van der Waals surface area contributed by atoms with Crippen LogP contribution in [0.2, 0.25) is 0 Å². The van der Waals surface area contributed by atoms with Crippen molar-refractivity contribution < 1.29 is 4.79 Å². The standard InChI is InChI=1S/C12H24N2O/c1-4-5-6-14-12(15)8-11(9-13)7-10(2)3/h4,10-11H,1,5-9,13H2,2-3H3,(H,14,15)/t11-/m0/s1. The Morgan fingerprint density at radius 1 is 1.53 bits per heavy atom. The van der Waals surface area contributed by atoms with Gasteiger partial charge in [-0.2, -0.15) is 0 Å². The summed E-state index contributed by atoms with van der Waals surface area (Å²) >= 11 is 0. The van der Waals surface area contributed by atoms with Crippen LogP contribution >= 0.6 is 0 Å². The second-order valence-electron chi connectivity index (χ2n) is 4.36. The zero-order valence-corrected chi connectivity index (χ0v) is 9.96. The average molecular weight is 212 g/mol. The van der Waals surface area contributed by atoms with Crippen LogP contribution < -0.4 is 11.1 Å². The average Bonchev–Trinajstić information content (AvgIpc) is 2.16. The second kappa shape index (κ2) is 8.48. The van der Waals surface area contributed by atoms with Crippen LogP contribution in [0.1, 0.15) is 33.1 Å². The summed E-state index contributed by atoms with van der Waals surface area (Å²) in [5, 5.41) is 2.86. The van der Waals surface area contributed by atoms with E-state index in [9.17, 15) is 4.79 Å². The maximum Gasteiger partial charge on any atom is 0.220 e. The quantitative estimate of drug-likeness (QED) is 0.475. The van der Waals surface area contributed by atoms with Crippen LogP contribution in [-0.2, 0) is 4.79 Å². The van der Waals surface area contributed by atoms with Crippen LogP contribution in [0.3, 0.4) is 0 Å². The molecule has 0 spiro atoms. The van der Waals surface area contributed by atoms with E-state index in [1.807, 2.05) is 0 Å². The molecule has 0 aliphatic heterocycles. The van der Waals surface area contributed by atoms with Gasteiger partial charge in [0, 0.05) is 13.0 Å². The number of nitrogens with one attached hydrogen (secondary N) is 1. The van der Waals surface area contributed by atoms with Crippen molar-refractivity contribution in [3.8, 4) is 0 Å². The van der Waals surface area contributed by atoms with E-state index >= 15 is 0 Å². The molecule has 1 atom stereocenters. The maximum absolute atomic E-state index is 11.5. The van der Waals surface area contributed by atoms with E-state index in [2.05, 4.69) is 25.7 Å². The van der Waals surface area contributed by atoms with Gasteiger partial charge < -0.3 is 11.1 Å². The topological polar surface area (TPSA) is 55.1 Å². The van der Waals surface area contributed by atoms with Crippen molar-refractivity contribution in [1.82, 2.24) is 5.32 Å². The molecular formula is C12H24N2O.